The number of nitrogens with zero attached hydrogens (tertiary/aromatic N) is 2. The molecule has 3 heteroatoms. The Hall–Kier alpha value is -2.68. The molecule has 2 heterocycles. The molecule has 0 spiro atoms. The highest BCUT2D eigenvalue weighted by molar-refractivity contribution is 6.07. The lowest BCUT2D eigenvalue weighted by atomic mass is 9.99. The zero-order valence-corrected chi connectivity index (χ0v) is 15.4. The maximum Gasteiger partial charge on any atom is 0.254 e. The Labute approximate surface area is 154 Å². The van der Waals surface area contributed by atoms with Gasteiger partial charge in [-0.15, -0.1) is 0 Å². The summed E-state index contributed by atoms with van der Waals surface area (Å²) >= 11 is 0. The average Bonchev–Trinajstić information content (AvgIpc) is 2.67. The molecule has 4 rings (SSSR count). The molecule has 3 nitrogen and oxygen atoms in total. The second-order valence-electron chi connectivity index (χ2n) is 7.29. The third-order valence-corrected chi connectivity index (χ3v) is 5.32. The molecule has 1 aliphatic rings. The second kappa shape index (κ2) is 6.91. The minimum atomic E-state index is 0.129. The molecule has 1 aliphatic heterocycles. The van der Waals surface area contributed by atoms with Gasteiger partial charge in [-0.05, 0) is 51.3 Å². The molecule has 1 unspecified atom stereocenters. The monoisotopic (exact) mass is 344 g/mol. The predicted octanol–water partition coefficient (Wildman–Crippen LogP) is 5.22. The Bertz CT molecular complexity index is 963. The zero-order valence-electron chi connectivity index (χ0n) is 15.4. The highest BCUT2D eigenvalue weighted by Crippen LogP contribution is 2.28. The molecular formula is C23H24N2O. The van der Waals surface area contributed by atoms with Crippen molar-refractivity contribution >= 4 is 16.8 Å². The Morgan fingerprint density at radius 1 is 1.08 bits per heavy atom. The van der Waals surface area contributed by atoms with Gasteiger partial charge < -0.3 is 4.90 Å². The van der Waals surface area contributed by atoms with Crippen molar-refractivity contribution in [2.75, 3.05) is 6.54 Å². The van der Waals surface area contributed by atoms with Crippen molar-refractivity contribution in [2.24, 2.45) is 0 Å². The molecule has 1 fully saturated rings. The summed E-state index contributed by atoms with van der Waals surface area (Å²) in [5.74, 6) is 0.129. The van der Waals surface area contributed by atoms with Crippen molar-refractivity contribution < 1.29 is 4.79 Å². The number of piperidine rings is 1. The van der Waals surface area contributed by atoms with Crippen LogP contribution < -0.4 is 0 Å². The molecule has 0 saturated carbocycles. The fourth-order valence-corrected chi connectivity index (χ4v) is 3.86. The van der Waals surface area contributed by atoms with Crippen LogP contribution in [-0.4, -0.2) is 28.4 Å². The number of hydrogen-bond acceptors (Lipinski definition) is 2. The highest BCUT2D eigenvalue weighted by Gasteiger charge is 2.26. The van der Waals surface area contributed by atoms with E-state index in [-0.39, 0.29) is 5.91 Å². The van der Waals surface area contributed by atoms with E-state index in [0.717, 1.165) is 47.1 Å². The van der Waals surface area contributed by atoms with Gasteiger partial charge in [-0.25, -0.2) is 4.98 Å². The molecule has 0 N–H and O–H groups in total. The number of amides is 1. The first kappa shape index (κ1) is 16.8. The minimum absolute atomic E-state index is 0.129. The van der Waals surface area contributed by atoms with Crippen molar-refractivity contribution in [3.05, 3.63) is 65.7 Å². The number of fused-ring (bicyclic) bond motifs is 1. The summed E-state index contributed by atoms with van der Waals surface area (Å²) < 4.78 is 0. The number of carbonyl (C=O) groups excluding carboxylic acids is 1. The molecule has 0 aliphatic carbocycles. The quantitative estimate of drug-likeness (QED) is 0.638. The number of benzene rings is 2. The number of likely N-dealkylation sites (tertiary alicyclic amines) is 1. The first-order valence-corrected chi connectivity index (χ1v) is 9.41. The van der Waals surface area contributed by atoms with E-state index >= 15 is 0 Å². The molecule has 1 amide bonds. The fraction of sp³-hybridized carbons (Fsp3) is 0.304. The van der Waals surface area contributed by atoms with Gasteiger partial charge in [-0.2, -0.15) is 0 Å². The van der Waals surface area contributed by atoms with Crippen LogP contribution in [0.1, 0.15) is 42.1 Å². The number of aryl methyl sites for hydroxylation is 1. The number of hydrogen-bond donors (Lipinski definition) is 0. The standard InChI is InChI=1S/C23H24N2O/c1-16-8-7-10-18(14-16)22-15-20(19-11-3-4-12-21(19)24-22)23(26)25-13-6-5-9-17(25)2/h3-4,7-8,10-12,14-15,17H,5-6,9,13H2,1-2H3. The summed E-state index contributed by atoms with van der Waals surface area (Å²) in [6.45, 7) is 5.07. The zero-order chi connectivity index (χ0) is 18.1. The predicted molar refractivity (Wildman–Crippen MR) is 106 cm³/mol. The summed E-state index contributed by atoms with van der Waals surface area (Å²) in [5.41, 5.74) is 4.74. The van der Waals surface area contributed by atoms with Gasteiger partial charge in [0.25, 0.3) is 5.91 Å². The molecule has 26 heavy (non-hydrogen) atoms. The first-order chi connectivity index (χ1) is 12.6. The van der Waals surface area contributed by atoms with Crippen LogP contribution in [0.3, 0.4) is 0 Å². The molecule has 132 valence electrons. The van der Waals surface area contributed by atoms with E-state index in [1.165, 1.54) is 12.0 Å². The Morgan fingerprint density at radius 2 is 1.92 bits per heavy atom. The average molecular weight is 344 g/mol. The molecule has 3 aromatic rings. The maximum absolute atomic E-state index is 13.4. The molecular weight excluding hydrogens is 320 g/mol. The van der Waals surface area contributed by atoms with Gasteiger partial charge in [0.2, 0.25) is 0 Å². The van der Waals surface area contributed by atoms with Crippen LogP contribution in [0.2, 0.25) is 0 Å². The van der Waals surface area contributed by atoms with Crippen LogP contribution in [0, 0.1) is 6.92 Å². The van der Waals surface area contributed by atoms with Crippen LogP contribution in [0.4, 0.5) is 0 Å². The molecule has 0 radical (unpaired) electrons. The Morgan fingerprint density at radius 3 is 2.73 bits per heavy atom. The lowest BCUT2D eigenvalue weighted by Crippen LogP contribution is -2.42. The van der Waals surface area contributed by atoms with Crippen molar-refractivity contribution in [3.63, 3.8) is 0 Å². The molecule has 1 saturated heterocycles. The SMILES string of the molecule is Cc1cccc(-c2cc(C(=O)N3CCCCC3C)c3ccccc3n2)c1. The largest absolute Gasteiger partial charge is 0.336 e. The third kappa shape index (κ3) is 3.10. The molecule has 2 aromatic carbocycles. The lowest BCUT2D eigenvalue weighted by Gasteiger charge is -2.33. The number of aromatic nitrogens is 1. The summed E-state index contributed by atoms with van der Waals surface area (Å²) in [7, 11) is 0. The Kier molecular flexibility index (Phi) is 4.46. The van der Waals surface area contributed by atoms with Crippen LogP contribution in [0.25, 0.3) is 22.2 Å². The molecule has 1 atom stereocenters. The second-order valence-corrected chi connectivity index (χ2v) is 7.29. The smallest absolute Gasteiger partial charge is 0.254 e. The number of carbonyl (C=O) groups is 1. The van der Waals surface area contributed by atoms with Crippen molar-refractivity contribution in [2.45, 2.75) is 39.2 Å². The normalized spacial score (nSPS) is 17.5. The highest BCUT2D eigenvalue weighted by atomic mass is 16.2. The number of rotatable bonds is 2. The number of para-hydroxylation sites is 1. The topological polar surface area (TPSA) is 33.2 Å². The molecule has 0 bridgehead atoms. The number of pyridine rings is 1. The van der Waals surface area contributed by atoms with Crippen LogP contribution >= 0.6 is 0 Å². The fourth-order valence-electron chi connectivity index (χ4n) is 3.86. The van der Waals surface area contributed by atoms with E-state index in [2.05, 4.69) is 32.0 Å². The van der Waals surface area contributed by atoms with E-state index in [9.17, 15) is 4.79 Å². The van der Waals surface area contributed by atoms with Crippen molar-refractivity contribution in [1.82, 2.24) is 9.88 Å². The Balaban J connectivity index is 1.86. The summed E-state index contributed by atoms with van der Waals surface area (Å²) in [6.07, 6.45) is 3.37. The lowest BCUT2D eigenvalue weighted by molar-refractivity contribution is 0.0637. The van der Waals surface area contributed by atoms with E-state index in [1.54, 1.807) is 0 Å². The molecule has 1 aromatic heterocycles. The van der Waals surface area contributed by atoms with E-state index in [1.807, 2.05) is 41.3 Å². The van der Waals surface area contributed by atoms with Gasteiger partial charge in [0.05, 0.1) is 16.8 Å². The summed E-state index contributed by atoms with van der Waals surface area (Å²) in [4.78, 5) is 20.2. The maximum atomic E-state index is 13.4. The van der Waals surface area contributed by atoms with Crippen LogP contribution in [-0.2, 0) is 0 Å². The first-order valence-electron chi connectivity index (χ1n) is 9.41. The van der Waals surface area contributed by atoms with Crippen molar-refractivity contribution in [1.29, 1.82) is 0 Å². The van der Waals surface area contributed by atoms with Crippen LogP contribution in [0.15, 0.2) is 54.6 Å². The van der Waals surface area contributed by atoms with Crippen LogP contribution in [0.5, 0.6) is 0 Å². The van der Waals surface area contributed by atoms with Gasteiger partial charge in [0.1, 0.15) is 0 Å². The van der Waals surface area contributed by atoms with E-state index < -0.39 is 0 Å². The minimum Gasteiger partial charge on any atom is -0.336 e. The summed E-state index contributed by atoms with van der Waals surface area (Å²) in [5, 5.41) is 0.937. The third-order valence-electron chi connectivity index (χ3n) is 5.32. The van der Waals surface area contributed by atoms with Gasteiger partial charge >= 0.3 is 0 Å². The van der Waals surface area contributed by atoms with Gasteiger partial charge in [-0.3, -0.25) is 4.79 Å². The summed E-state index contributed by atoms with van der Waals surface area (Å²) in [6, 6.07) is 18.5. The van der Waals surface area contributed by atoms with Gasteiger partial charge in [-0.1, -0.05) is 42.0 Å². The van der Waals surface area contributed by atoms with E-state index in [4.69, 9.17) is 4.98 Å². The van der Waals surface area contributed by atoms with Crippen molar-refractivity contribution in [3.8, 4) is 11.3 Å². The van der Waals surface area contributed by atoms with E-state index in [0.29, 0.717) is 6.04 Å². The van der Waals surface area contributed by atoms with Gasteiger partial charge in [0.15, 0.2) is 0 Å². The van der Waals surface area contributed by atoms with Gasteiger partial charge in [0, 0.05) is 23.5 Å².